The summed E-state index contributed by atoms with van der Waals surface area (Å²) in [5.74, 6) is 0.440. The molecule has 1 fully saturated rings. The van der Waals surface area contributed by atoms with Crippen molar-refractivity contribution in [2.24, 2.45) is 0 Å². The molecule has 0 unspecified atom stereocenters. The maximum Gasteiger partial charge on any atom is 0.253 e. The number of benzene rings is 3. The van der Waals surface area contributed by atoms with Gasteiger partial charge in [0, 0.05) is 49.9 Å². The first-order valence-corrected chi connectivity index (χ1v) is 14.4. The van der Waals surface area contributed by atoms with Crippen LogP contribution in [-0.4, -0.2) is 62.4 Å². The van der Waals surface area contributed by atoms with E-state index in [2.05, 4.69) is 9.88 Å². The van der Waals surface area contributed by atoms with Crippen molar-refractivity contribution >= 4 is 38.2 Å². The van der Waals surface area contributed by atoms with Gasteiger partial charge in [-0.1, -0.05) is 48.0 Å². The number of fused-ring (bicyclic) bond motifs is 1. The number of carbonyl (C=O) groups excluding carboxylic acids is 1. The summed E-state index contributed by atoms with van der Waals surface area (Å²) in [7, 11) is -2.02. The van der Waals surface area contributed by atoms with E-state index in [0.29, 0.717) is 40.5 Å². The van der Waals surface area contributed by atoms with E-state index in [1.807, 2.05) is 35.2 Å². The van der Waals surface area contributed by atoms with Gasteiger partial charge in [0.05, 0.1) is 28.3 Å². The van der Waals surface area contributed by atoms with Crippen molar-refractivity contribution in [2.75, 3.05) is 33.3 Å². The Morgan fingerprint density at radius 2 is 1.66 bits per heavy atom. The average Bonchev–Trinajstić information content (AvgIpc) is 2.93. The molecule has 1 aliphatic heterocycles. The second-order valence-electron chi connectivity index (χ2n) is 9.32. The Morgan fingerprint density at radius 3 is 2.37 bits per heavy atom. The van der Waals surface area contributed by atoms with Crippen molar-refractivity contribution in [1.82, 2.24) is 14.8 Å². The van der Waals surface area contributed by atoms with Gasteiger partial charge >= 0.3 is 0 Å². The zero-order chi connectivity index (χ0) is 26.7. The highest BCUT2D eigenvalue weighted by Crippen LogP contribution is 2.26. The quantitative estimate of drug-likeness (QED) is 0.328. The van der Waals surface area contributed by atoms with Crippen molar-refractivity contribution in [1.29, 1.82) is 0 Å². The van der Waals surface area contributed by atoms with Gasteiger partial charge < -0.3 is 9.64 Å². The largest absolute Gasteiger partial charge is 0.495 e. The number of sulfone groups is 1. The van der Waals surface area contributed by atoms with Crippen LogP contribution in [-0.2, 0) is 22.1 Å². The number of carbonyl (C=O) groups is 1. The minimum absolute atomic E-state index is 0.0511. The highest BCUT2D eigenvalue weighted by Gasteiger charge is 2.23. The van der Waals surface area contributed by atoms with Gasteiger partial charge in [-0.2, -0.15) is 0 Å². The molecule has 0 atom stereocenters. The molecule has 0 spiro atoms. The molecule has 0 saturated carbocycles. The zero-order valence-corrected chi connectivity index (χ0v) is 22.6. The maximum atomic E-state index is 13.2. The lowest BCUT2D eigenvalue weighted by molar-refractivity contribution is 0.0628. The van der Waals surface area contributed by atoms with E-state index in [1.165, 1.54) is 0 Å². The third-order valence-corrected chi connectivity index (χ3v) is 8.78. The third kappa shape index (κ3) is 5.67. The summed E-state index contributed by atoms with van der Waals surface area (Å²) in [6.45, 7) is 3.50. The van der Waals surface area contributed by atoms with Crippen molar-refractivity contribution < 1.29 is 17.9 Å². The smallest absolute Gasteiger partial charge is 0.253 e. The molecular weight excluding hydrogens is 522 g/mol. The fourth-order valence-electron chi connectivity index (χ4n) is 4.73. The standard InChI is InChI=1S/C29H28ClN3O4S/c1-37-26-12-9-22(18-25(26)30)19-32-14-16-33(17-15-32)29(34)24-10-7-21(8-11-24)20-38(35,36)27-6-2-4-23-5-3-13-31-28(23)27/h2-13,18H,14-17,19-20H2,1H3. The van der Waals surface area contributed by atoms with Gasteiger partial charge in [0.15, 0.2) is 9.84 Å². The summed E-state index contributed by atoms with van der Waals surface area (Å²) in [6.07, 6.45) is 1.59. The van der Waals surface area contributed by atoms with Gasteiger partial charge in [0.25, 0.3) is 5.91 Å². The number of nitrogens with zero attached hydrogens (tertiary/aromatic N) is 3. The molecule has 0 N–H and O–H groups in total. The normalized spacial score (nSPS) is 14.5. The molecule has 0 bridgehead atoms. The summed E-state index contributed by atoms with van der Waals surface area (Å²) in [5.41, 5.74) is 2.74. The van der Waals surface area contributed by atoms with Crippen LogP contribution in [0.15, 0.2) is 83.9 Å². The van der Waals surface area contributed by atoms with E-state index in [0.717, 1.165) is 30.6 Å². The van der Waals surface area contributed by atoms with Crippen LogP contribution in [0.1, 0.15) is 21.5 Å². The Hall–Kier alpha value is -3.46. The summed E-state index contributed by atoms with van der Waals surface area (Å²) in [6, 6.07) is 21.4. The monoisotopic (exact) mass is 549 g/mol. The molecule has 2 heterocycles. The van der Waals surface area contributed by atoms with E-state index >= 15 is 0 Å². The van der Waals surface area contributed by atoms with Crippen molar-refractivity contribution in [2.45, 2.75) is 17.2 Å². The lowest BCUT2D eigenvalue weighted by Crippen LogP contribution is -2.48. The molecule has 0 aliphatic carbocycles. The number of hydrogen-bond donors (Lipinski definition) is 0. The molecule has 0 radical (unpaired) electrons. The number of para-hydroxylation sites is 1. The highest BCUT2D eigenvalue weighted by atomic mass is 35.5. The Kier molecular flexibility index (Phi) is 7.65. The number of pyridine rings is 1. The SMILES string of the molecule is COc1ccc(CN2CCN(C(=O)c3ccc(CS(=O)(=O)c4cccc5cccnc45)cc3)CC2)cc1Cl. The maximum absolute atomic E-state index is 13.2. The molecule has 9 heteroatoms. The summed E-state index contributed by atoms with van der Waals surface area (Å²) >= 11 is 6.25. The van der Waals surface area contributed by atoms with E-state index in [4.69, 9.17) is 16.3 Å². The zero-order valence-electron chi connectivity index (χ0n) is 21.0. The second kappa shape index (κ2) is 11.1. The number of ether oxygens (including phenoxy) is 1. The molecule has 1 aliphatic rings. The van der Waals surface area contributed by atoms with Gasteiger partial charge in [-0.3, -0.25) is 14.7 Å². The van der Waals surface area contributed by atoms with Crippen LogP contribution in [0.4, 0.5) is 0 Å². The molecule has 196 valence electrons. The summed E-state index contributed by atoms with van der Waals surface area (Å²) < 4.78 is 31.5. The van der Waals surface area contributed by atoms with Crippen molar-refractivity contribution in [3.8, 4) is 5.75 Å². The number of aromatic nitrogens is 1. The van der Waals surface area contributed by atoms with Crippen LogP contribution in [0.2, 0.25) is 5.02 Å². The van der Waals surface area contributed by atoms with E-state index in [1.54, 1.807) is 55.8 Å². The van der Waals surface area contributed by atoms with Crippen molar-refractivity contribution in [3.05, 3.63) is 101 Å². The molecular formula is C29H28ClN3O4S. The predicted octanol–water partition coefficient (Wildman–Crippen LogP) is 4.83. The molecule has 3 aromatic carbocycles. The average molecular weight is 550 g/mol. The second-order valence-corrected chi connectivity index (χ2v) is 11.7. The minimum atomic E-state index is -3.61. The first-order chi connectivity index (χ1) is 18.3. The first-order valence-electron chi connectivity index (χ1n) is 12.3. The van der Waals surface area contributed by atoms with Gasteiger partial charge in [-0.05, 0) is 47.5 Å². The van der Waals surface area contributed by atoms with E-state index in [-0.39, 0.29) is 16.6 Å². The molecule has 5 rings (SSSR count). The predicted molar refractivity (Wildman–Crippen MR) is 148 cm³/mol. The number of piperazine rings is 1. The Morgan fingerprint density at radius 1 is 0.947 bits per heavy atom. The number of halogens is 1. The van der Waals surface area contributed by atoms with Crippen LogP contribution >= 0.6 is 11.6 Å². The van der Waals surface area contributed by atoms with Crippen molar-refractivity contribution in [3.63, 3.8) is 0 Å². The summed E-state index contributed by atoms with van der Waals surface area (Å²) in [4.78, 5) is 21.7. The fourth-order valence-corrected chi connectivity index (χ4v) is 6.54. The Balaban J connectivity index is 1.20. The van der Waals surface area contributed by atoms with Gasteiger partial charge in [-0.25, -0.2) is 8.42 Å². The molecule has 1 saturated heterocycles. The Labute approximate surface area is 227 Å². The van der Waals surface area contributed by atoms with Crippen LogP contribution < -0.4 is 4.74 Å². The molecule has 38 heavy (non-hydrogen) atoms. The Bertz CT molecular complexity index is 1560. The molecule has 4 aromatic rings. The highest BCUT2D eigenvalue weighted by molar-refractivity contribution is 7.90. The lowest BCUT2D eigenvalue weighted by atomic mass is 10.1. The number of hydrogen-bond acceptors (Lipinski definition) is 6. The van der Waals surface area contributed by atoms with Gasteiger partial charge in [0.1, 0.15) is 5.75 Å². The first kappa shape index (κ1) is 26.2. The van der Waals surface area contributed by atoms with Crippen LogP contribution in [0.25, 0.3) is 10.9 Å². The van der Waals surface area contributed by atoms with Gasteiger partial charge in [0.2, 0.25) is 0 Å². The number of methoxy groups -OCH3 is 1. The summed E-state index contributed by atoms with van der Waals surface area (Å²) in [5, 5.41) is 1.37. The lowest BCUT2D eigenvalue weighted by Gasteiger charge is -2.35. The topological polar surface area (TPSA) is 79.8 Å². The fraction of sp³-hybridized carbons (Fsp3) is 0.241. The van der Waals surface area contributed by atoms with E-state index in [9.17, 15) is 13.2 Å². The number of rotatable bonds is 7. The van der Waals surface area contributed by atoms with Crippen LogP contribution in [0, 0.1) is 0 Å². The van der Waals surface area contributed by atoms with E-state index < -0.39 is 9.84 Å². The molecule has 7 nitrogen and oxygen atoms in total. The molecule has 1 amide bonds. The van der Waals surface area contributed by atoms with Crippen LogP contribution in [0.3, 0.4) is 0 Å². The van der Waals surface area contributed by atoms with Gasteiger partial charge in [-0.15, -0.1) is 0 Å². The molecule has 1 aromatic heterocycles. The number of amides is 1. The third-order valence-electron chi connectivity index (χ3n) is 6.77. The minimum Gasteiger partial charge on any atom is -0.495 e. The van der Waals surface area contributed by atoms with Crippen LogP contribution in [0.5, 0.6) is 5.75 Å².